The van der Waals surface area contributed by atoms with Gasteiger partial charge in [0.2, 0.25) is 5.88 Å². The van der Waals surface area contributed by atoms with Crippen LogP contribution in [0.4, 0.5) is 10.6 Å². The van der Waals surface area contributed by atoms with Gasteiger partial charge in [0.25, 0.3) is 0 Å². The molecule has 0 aliphatic heterocycles. The van der Waals surface area contributed by atoms with Crippen LogP contribution in [0.25, 0.3) is 10.9 Å². The molecule has 0 saturated heterocycles. The molecule has 1 fully saturated rings. The Morgan fingerprint density at radius 2 is 2.09 bits per heavy atom. The maximum atomic E-state index is 12.4. The minimum atomic E-state index is -0.681. The highest BCUT2D eigenvalue weighted by Gasteiger charge is 2.43. The third kappa shape index (κ3) is 4.38. The summed E-state index contributed by atoms with van der Waals surface area (Å²) in [7, 11) is 0. The van der Waals surface area contributed by atoms with E-state index in [4.69, 9.17) is 14.1 Å². The zero-order valence-electron chi connectivity index (χ0n) is 18.5. The van der Waals surface area contributed by atoms with Crippen LogP contribution >= 0.6 is 0 Å². The van der Waals surface area contributed by atoms with Gasteiger partial charge < -0.3 is 14.1 Å². The summed E-state index contributed by atoms with van der Waals surface area (Å²) in [4.78, 5) is 27.5. The molecule has 0 bridgehead atoms. The van der Waals surface area contributed by atoms with Crippen molar-refractivity contribution in [2.24, 2.45) is 0 Å². The lowest BCUT2D eigenvalue weighted by molar-refractivity contribution is 0.153. The Hall–Kier alpha value is -4.81. The molecule has 1 amide bonds. The van der Waals surface area contributed by atoms with E-state index in [1.165, 1.54) is 22.2 Å². The van der Waals surface area contributed by atoms with Gasteiger partial charge in [-0.3, -0.25) is 5.32 Å². The van der Waals surface area contributed by atoms with Crippen molar-refractivity contribution >= 4 is 22.8 Å². The number of carbonyl (C=O) groups excluding carboxylic acids is 1. The number of nitrogens with zero attached hydrogens (tertiary/aromatic N) is 8. The third-order valence-corrected chi connectivity index (χ3v) is 5.76. The normalized spacial score (nSPS) is 14.1. The summed E-state index contributed by atoms with van der Waals surface area (Å²) in [6.07, 6.45) is 5.82. The second-order valence-electron chi connectivity index (χ2n) is 8.42. The van der Waals surface area contributed by atoms with Crippen LogP contribution in [-0.2, 0) is 12.0 Å². The number of ether oxygens (including phenoxy) is 1. The first kappa shape index (κ1) is 20.8. The van der Waals surface area contributed by atoms with Gasteiger partial charge in [0.1, 0.15) is 24.4 Å². The number of rotatable bonds is 7. The SMILES string of the molecule is CC1(c2cc(NC(=O)On3ccc4cc(Oc5cc(Cn6ncnn6)ncn5)ccc43)no2)CC1. The molecule has 4 heterocycles. The number of hydrogen-bond donors (Lipinski definition) is 1. The lowest BCUT2D eigenvalue weighted by atomic mass is 10.1. The monoisotopic (exact) mass is 473 g/mol. The predicted molar refractivity (Wildman–Crippen MR) is 120 cm³/mol. The Balaban J connectivity index is 1.12. The molecule has 35 heavy (non-hydrogen) atoms. The van der Waals surface area contributed by atoms with Crippen molar-refractivity contribution in [1.82, 2.24) is 40.1 Å². The van der Waals surface area contributed by atoms with Gasteiger partial charge in [-0.2, -0.15) is 9.53 Å². The molecule has 5 aromatic rings. The number of nitrogens with one attached hydrogen (secondary N) is 1. The van der Waals surface area contributed by atoms with Crippen molar-refractivity contribution in [1.29, 1.82) is 0 Å². The fraction of sp³-hybridized carbons (Fsp3) is 0.227. The van der Waals surface area contributed by atoms with Crippen LogP contribution in [-0.4, -0.2) is 46.2 Å². The van der Waals surface area contributed by atoms with Crippen LogP contribution in [0.1, 0.15) is 31.2 Å². The molecule has 1 N–H and O–H groups in total. The van der Waals surface area contributed by atoms with E-state index in [2.05, 4.69) is 42.8 Å². The maximum Gasteiger partial charge on any atom is 0.437 e. The van der Waals surface area contributed by atoms with Gasteiger partial charge in [-0.1, -0.05) is 12.1 Å². The van der Waals surface area contributed by atoms with Gasteiger partial charge in [0, 0.05) is 29.1 Å². The van der Waals surface area contributed by atoms with Crippen molar-refractivity contribution in [3.05, 3.63) is 66.7 Å². The van der Waals surface area contributed by atoms with Crippen molar-refractivity contribution in [3.8, 4) is 11.6 Å². The molecular formula is C22H19N9O4. The molecule has 1 aromatic carbocycles. The zero-order chi connectivity index (χ0) is 23.8. The topological polar surface area (TPSA) is 148 Å². The van der Waals surface area contributed by atoms with E-state index in [1.54, 1.807) is 36.5 Å². The number of benzene rings is 1. The molecule has 1 aliphatic carbocycles. The first-order chi connectivity index (χ1) is 17.0. The summed E-state index contributed by atoms with van der Waals surface area (Å²) >= 11 is 0. The summed E-state index contributed by atoms with van der Waals surface area (Å²) in [5, 5.41) is 18.8. The second kappa shape index (κ2) is 8.20. The number of anilines is 1. The zero-order valence-corrected chi connectivity index (χ0v) is 18.5. The lowest BCUT2D eigenvalue weighted by Gasteiger charge is -2.08. The molecule has 13 nitrogen and oxygen atoms in total. The molecule has 1 saturated carbocycles. The van der Waals surface area contributed by atoms with E-state index in [-0.39, 0.29) is 5.41 Å². The van der Waals surface area contributed by atoms with E-state index in [1.807, 2.05) is 6.07 Å². The van der Waals surface area contributed by atoms with Crippen LogP contribution in [0.2, 0.25) is 0 Å². The Labute approximate surface area is 197 Å². The van der Waals surface area contributed by atoms with Crippen LogP contribution in [0, 0.1) is 0 Å². The highest BCUT2D eigenvalue weighted by molar-refractivity contribution is 5.86. The number of tetrazole rings is 1. The lowest BCUT2D eigenvalue weighted by Crippen LogP contribution is -2.24. The summed E-state index contributed by atoms with van der Waals surface area (Å²) in [6.45, 7) is 2.44. The van der Waals surface area contributed by atoms with E-state index < -0.39 is 6.09 Å². The van der Waals surface area contributed by atoms with Gasteiger partial charge >= 0.3 is 6.09 Å². The fourth-order valence-corrected chi connectivity index (χ4v) is 3.55. The number of carbonyl (C=O) groups is 1. The number of aromatic nitrogens is 8. The smallest absolute Gasteiger partial charge is 0.437 e. The van der Waals surface area contributed by atoms with E-state index in [0.717, 1.165) is 24.0 Å². The van der Waals surface area contributed by atoms with Crippen LogP contribution in [0.15, 0.2) is 59.8 Å². The molecule has 0 unspecified atom stereocenters. The Bertz CT molecular complexity index is 1500. The number of hydrogen-bond acceptors (Lipinski definition) is 10. The van der Waals surface area contributed by atoms with Crippen LogP contribution in [0.5, 0.6) is 11.6 Å². The molecule has 0 radical (unpaired) electrons. The summed E-state index contributed by atoms with van der Waals surface area (Å²) < 4.78 is 12.6. The van der Waals surface area contributed by atoms with Crippen LogP contribution in [0.3, 0.4) is 0 Å². The van der Waals surface area contributed by atoms with Crippen molar-refractivity contribution in [2.45, 2.75) is 31.7 Å². The van der Waals surface area contributed by atoms with Gasteiger partial charge in [-0.25, -0.2) is 14.8 Å². The van der Waals surface area contributed by atoms with E-state index >= 15 is 0 Å². The van der Waals surface area contributed by atoms with Gasteiger partial charge in [0.15, 0.2) is 12.1 Å². The summed E-state index contributed by atoms with van der Waals surface area (Å²) in [6, 6.07) is 10.6. The molecule has 13 heteroatoms. The minimum Gasteiger partial charge on any atom is -0.439 e. The number of fused-ring (bicyclic) bond motifs is 1. The molecule has 6 rings (SSSR count). The van der Waals surface area contributed by atoms with Crippen LogP contribution < -0.4 is 14.9 Å². The number of amides is 1. The summed E-state index contributed by atoms with van der Waals surface area (Å²) in [5.74, 6) is 2.01. The van der Waals surface area contributed by atoms with Gasteiger partial charge in [-0.15, -0.1) is 10.2 Å². The molecule has 0 atom stereocenters. The van der Waals surface area contributed by atoms with Crippen molar-refractivity contribution in [2.75, 3.05) is 5.32 Å². The molecule has 0 spiro atoms. The second-order valence-corrected chi connectivity index (χ2v) is 8.42. The molecule has 176 valence electrons. The predicted octanol–water partition coefficient (Wildman–Crippen LogP) is 2.96. The molecule has 1 aliphatic rings. The Morgan fingerprint density at radius 3 is 2.91 bits per heavy atom. The Morgan fingerprint density at radius 1 is 1.17 bits per heavy atom. The van der Waals surface area contributed by atoms with E-state index in [0.29, 0.717) is 35.2 Å². The first-order valence-corrected chi connectivity index (χ1v) is 10.8. The third-order valence-electron chi connectivity index (χ3n) is 5.76. The largest absolute Gasteiger partial charge is 0.439 e. The Kier molecular flexibility index (Phi) is 4.87. The highest BCUT2D eigenvalue weighted by Crippen LogP contribution is 2.48. The van der Waals surface area contributed by atoms with E-state index in [9.17, 15) is 4.79 Å². The van der Waals surface area contributed by atoms with Gasteiger partial charge in [0.05, 0.1) is 11.2 Å². The minimum absolute atomic E-state index is 0.0229. The quantitative estimate of drug-likeness (QED) is 0.374. The van der Waals surface area contributed by atoms with Crippen molar-refractivity contribution < 1.29 is 18.9 Å². The average Bonchev–Trinajstić information content (AvgIpc) is 3.24. The fourth-order valence-electron chi connectivity index (χ4n) is 3.55. The maximum absolute atomic E-state index is 12.4. The first-order valence-electron chi connectivity index (χ1n) is 10.8. The summed E-state index contributed by atoms with van der Waals surface area (Å²) in [5.41, 5.74) is 1.37. The standard InChI is InChI=1S/C22H19N9O4/c1-22(5-6-22)18-10-19(28-34-18)27-21(32)35-30-7-4-14-8-16(2-3-17(14)30)33-20-9-15(23-12-24-20)11-31-26-13-25-29-31/h2-4,7-10,12-13H,5-6,11H2,1H3,(H,27,28,32). The average molecular weight is 473 g/mol. The highest BCUT2D eigenvalue weighted by atomic mass is 16.7. The van der Waals surface area contributed by atoms with Gasteiger partial charge in [-0.05, 0) is 42.3 Å². The van der Waals surface area contributed by atoms with Crippen molar-refractivity contribution in [3.63, 3.8) is 0 Å². The molecular weight excluding hydrogens is 454 g/mol. The molecule has 4 aromatic heterocycles.